The smallest absolute Gasteiger partial charge is 0.462 e. The number of ether oxygens (including phenoxy) is 2. The van der Waals surface area contributed by atoms with Gasteiger partial charge < -0.3 is 24.6 Å². The Balaban J connectivity index is 4.35. The first-order chi connectivity index (χ1) is 22.2. The Bertz CT molecular complexity index is 957. The van der Waals surface area contributed by atoms with Gasteiger partial charge in [-0.15, -0.1) is 0 Å². The number of allylic oxidation sites excluding steroid dienone is 10. The summed E-state index contributed by atoms with van der Waals surface area (Å²) in [6.45, 7) is 2.03. The Morgan fingerprint density at radius 1 is 0.674 bits per heavy atom. The minimum atomic E-state index is -4.61. The maximum atomic E-state index is 12.4. The number of phosphoric acid groups is 1. The molecule has 264 valence electrons. The number of esters is 2. The summed E-state index contributed by atoms with van der Waals surface area (Å²) in [6.07, 6.45) is 31.2. The van der Waals surface area contributed by atoms with E-state index in [1.165, 1.54) is 0 Å². The zero-order valence-electron chi connectivity index (χ0n) is 28.0. The van der Waals surface area contributed by atoms with Gasteiger partial charge in [-0.3, -0.25) is 18.6 Å². The first-order valence-corrected chi connectivity index (χ1v) is 18.2. The van der Waals surface area contributed by atoms with E-state index in [-0.39, 0.29) is 19.4 Å². The molecule has 11 heteroatoms. The van der Waals surface area contributed by atoms with Gasteiger partial charge in [0.15, 0.2) is 6.10 Å². The molecule has 0 bridgehead atoms. The quantitative estimate of drug-likeness (QED) is 0.0302. The van der Waals surface area contributed by atoms with Crippen LogP contribution in [0.4, 0.5) is 0 Å². The van der Waals surface area contributed by atoms with Crippen molar-refractivity contribution in [3.05, 3.63) is 60.8 Å². The maximum absolute atomic E-state index is 12.4. The van der Waals surface area contributed by atoms with E-state index in [1.807, 2.05) is 0 Å². The van der Waals surface area contributed by atoms with E-state index >= 15 is 0 Å². The highest BCUT2D eigenvalue weighted by molar-refractivity contribution is 7.47. The Hall–Kier alpha value is -2.33. The summed E-state index contributed by atoms with van der Waals surface area (Å²) in [5, 5.41) is 18.1. The van der Waals surface area contributed by atoms with Gasteiger partial charge in [-0.2, -0.15) is 0 Å². The minimum absolute atomic E-state index is 0.142. The number of carbonyl (C=O) groups excluding carboxylic acids is 2. The van der Waals surface area contributed by atoms with Crippen molar-refractivity contribution in [3.63, 3.8) is 0 Å². The summed E-state index contributed by atoms with van der Waals surface area (Å²) in [5.74, 6) is -0.992. The molecule has 0 heterocycles. The Labute approximate surface area is 276 Å². The van der Waals surface area contributed by atoms with E-state index in [1.54, 1.807) is 0 Å². The van der Waals surface area contributed by atoms with Gasteiger partial charge in [0.2, 0.25) is 0 Å². The number of rotatable bonds is 30. The zero-order chi connectivity index (χ0) is 34.1. The topological polar surface area (TPSA) is 149 Å². The summed E-state index contributed by atoms with van der Waals surface area (Å²) in [6, 6.07) is 0. The van der Waals surface area contributed by atoms with Crippen molar-refractivity contribution in [1.29, 1.82) is 0 Å². The van der Waals surface area contributed by atoms with Crippen molar-refractivity contribution >= 4 is 19.8 Å². The molecular weight excluding hydrogens is 611 g/mol. The number of unbranched alkanes of at least 4 members (excludes halogenated alkanes) is 6. The van der Waals surface area contributed by atoms with Crippen molar-refractivity contribution in [3.8, 4) is 0 Å². The molecule has 0 aliphatic heterocycles. The van der Waals surface area contributed by atoms with Gasteiger partial charge in [-0.1, -0.05) is 100 Å². The molecule has 10 nitrogen and oxygen atoms in total. The van der Waals surface area contributed by atoms with E-state index in [0.717, 1.165) is 70.6 Å². The van der Waals surface area contributed by atoms with E-state index in [0.29, 0.717) is 12.8 Å². The van der Waals surface area contributed by atoms with Crippen LogP contribution in [0.5, 0.6) is 0 Å². The highest BCUT2D eigenvalue weighted by Crippen LogP contribution is 2.43. The van der Waals surface area contributed by atoms with Crippen molar-refractivity contribution in [2.75, 3.05) is 26.4 Å². The lowest BCUT2D eigenvalue weighted by Gasteiger charge is -2.20. The minimum Gasteiger partial charge on any atom is -0.462 e. The summed E-state index contributed by atoms with van der Waals surface area (Å²) in [5.41, 5.74) is 0. The predicted molar refractivity (Wildman–Crippen MR) is 182 cm³/mol. The standard InChI is InChI=1S/C35H59O10P/c1-3-5-7-9-10-11-12-13-14-15-16-17-18-19-20-21-22-23-25-27-35(39)45-33(30-42-34(38)26-24-8-6-4-2)31-44-46(40,41)43-29-32(37)28-36/h5,7,10-11,13-14,16-17,19-20,32-33,36-37H,3-4,6,8-9,12,15,18,21-31H2,1-2H3,(H,40,41)/b7-5-,11-10-,14-13-,17-16-,20-19-. The van der Waals surface area contributed by atoms with Gasteiger partial charge in [-0.05, 0) is 57.8 Å². The molecule has 0 aromatic heterocycles. The highest BCUT2D eigenvalue weighted by atomic mass is 31.2. The SMILES string of the molecule is CC/C=C\C/C=C\C/C=C\C/C=C\C/C=C\CCCCCC(=O)OC(COC(=O)CCCCCC)COP(=O)(O)OCC(O)CO. The molecule has 0 spiro atoms. The number of aliphatic hydroxyl groups is 2. The lowest BCUT2D eigenvalue weighted by Crippen LogP contribution is -2.29. The van der Waals surface area contributed by atoms with Gasteiger partial charge in [0.05, 0.1) is 19.8 Å². The molecular formula is C35H59O10P. The lowest BCUT2D eigenvalue weighted by atomic mass is 10.1. The summed E-state index contributed by atoms with van der Waals surface area (Å²) in [4.78, 5) is 34.3. The van der Waals surface area contributed by atoms with Crippen molar-refractivity contribution < 1.29 is 47.8 Å². The van der Waals surface area contributed by atoms with Crippen LogP contribution >= 0.6 is 7.82 Å². The third-order valence-electron chi connectivity index (χ3n) is 6.44. The molecule has 3 atom stereocenters. The predicted octanol–water partition coefficient (Wildman–Crippen LogP) is 7.60. The fourth-order valence-electron chi connectivity index (χ4n) is 3.84. The highest BCUT2D eigenvalue weighted by Gasteiger charge is 2.27. The molecule has 0 aromatic rings. The molecule has 0 aliphatic carbocycles. The number of aliphatic hydroxyl groups excluding tert-OH is 2. The average molecular weight is 671 g/mol. The van der Waals surface area contributed by atoms with E-state index in [4.69, 9.17) is 19.1 Å². The summed E-state index contributed by atoms with van der Waals surface area (Å²) in [7, 11) is -4.61. The van der Waals surface area contributed by atoms with Crippen molar-refractivity contribution in [2.24, 2.45) is 0 Å². The summed E-state index contributed by atoms with van der Waals surface area (Å²) >= 11 is 0. The molecule has 3 N–H and O–H groups in total. The molecule has 0 saturated heterocycles. The van der Waals surface area contributed by atoms with Crippen LogP contribution in [-0.2, 0) is 32.7 Å². The van der Waals surface area contributed by atoms with Gasteiger partial charge >= 0.3 is 19.8 Å². The fourth-order valence-corrected chi connectivity index (χ4v) is 4.63. The van der Waals surface area contributed by atoms with Crippen LogP contribution in [0.3, 0.4) is 0 Å². The van der Waals surface area contributed by atoms with Crippen molar-refractivity contribution in [1.82, 2.24) is 0 Å². The van der Waals surface area contributed by atoms with E-state index in [2.05, 4.69) is 79.1 Å². The first-order valence-electron chi connectivity index (χ1n) is 16.7. The van der Waals surface area contributed by atoms with E-state index in [9.17, 15) is 24.2 Å². The molecule has 0 aliphatic rings. The Kier molecular flexibility index (Phi) is 29.7. The zero-order valence-corrected chi connectivity index (χ0v) is 28.9. The van der Waals surface area contributed by atoms with Crippen LogP contribution in [0, 0.1) is 0 Å². The van der Waals surface area contributed by atoms with Crippen LogP contribution in [0.2, 0.25) is 0 Å². The molecule has 0 amide bonds. The third kappa shape index (κ3) is 30.3. The first kappa shape index (κ1) is 43.7. The van der Waals surface area contributed by atoms with Gasteiger partial charge in [0.25, 0.3) is 0 Å². The fraction of sp³-hybridized carbons (Fsp3) is 0.657. The largest absolute Gasteiger partial charge is 0.472 e. The molecule has 0 saturated carbocycles. The normalized spacial score (nSPS) is 15.0. The molecule has 0 rings (SSSR count). The molecule has 0 fully saturated rings. The Morgan fingerprint density at radius 2 is 1.20 bits per heavy atom. The van der Waals surface area contributed by atoms with Crippen LogP contribution in [-0.4, -0.2) is 65.7 Å². The second-order valence-electron chi connectivity index (χ2n) is 10.8. The average Bonchev–Trinajstić information content (AvgIpc) is 3.04. The van der Waals surface area contributed by atoms with Crippen LogP contribution in [0.25, 0.3) is 0 Å². The van der Waals surface area contributed by atoms with Crippen LogP contribution < -0.4 is 0 Å². The van der Waals surface area contributed by atoms with Crippen LogP contribution in [0.1, 0.15) is 110 Å². The number of phosphoric ester groups is 1. The van der Waals surface area contributed by atoms with Gasteiger partial charge in [-0.25, -0.2) is 4.57 Å². The molecule has 0 radical (unpaired) electrons. The van der Waals surface area contributed by atoms with Crippen molar-refractivity contribution in [2.45, 2.75) is 122 Å². The number of carbonyl (C=O) groups is 2. The van der Waals surface area contributed by atoms with Gasteiger partial charge in [0, 0.05) is 12.8 Å². The van der Waals surface area contributed by atoms with Crippen LogP contribution in [0.15, 0.2) is 60.8 Å². The van der Waals surface area contributed by atoms with Gasteiger partial charge in [0.1, 0.15) is 12.7 Å². The molecule has 3 unspecified atom stereocenters. The Morgan fingerprint density at radius 3 is 1.76 bits per heavy atom. The second kappa shape index (κ2) is 31.3. The summed E-state index contributed by atoms with van der Waals surface area (Å²) < 4.78 is 32.2. The number of hydrogen-bond acceptors (Lipinski definition) is 9. The second-order valence-corrected chi connectivity index (χ2v) is 12.3. The monoisotopic (exact) mass is 670 g/mol. The number of hydrogen-bond donors (Lipinski definition) is 3. The molecule has 0 aromatic carbocycles. The van der Waals surface area contributed by atoms with E-state index < -0.39 is 51.8 Å². The maximum Gasteiger partial charge on any atom is 0.472 e. The lowest BCUT2D eigenvalue weighted by molar-refractivity contribution is -0.161. The third-order valence-corrected chi connectivity index (χ3v) is 7.39. The molecule has 46 heavy (non-hydrogen) atoms.